The molecule has 6 nitrogen and oxygen atoms in total. The van der Waals surface area contributed by atoms with Gasteiger partial charge in [0.05, 0.1) is 6.61 Å². The average Bonchev–Trinajstić information content (AvgIpc) is 2.73. The summed E-state index contributed by atoms with van der Waals surface area (Å²) in [6, 6.07) is 12.8. The van der Waals surface area contributed by atoms with E-state index in [1.54, 1.807) is 35.2 Å². The SMILES string of the molecule is CCOc1ccc(OCC(=O)NC2CCN(C(=O)c3cccc(F)c3)CC2)cc1. The van der Waals surface area contributed by atoms with Gasteiger partial charge in [-0.25, -0.2) is 4.39 Å². The van der Waals surface area contributed by atoms with Gasteiger partial charge >= 0.3 is 0 Å². The first kappa shape index (κ1) is 20.6. The molecule has 29 heavy (non-hydrogen) atoms. The number of hydrogen-bond donors (Lipinski definition) is 1. The number of hydrogen-bond acceptors (Lipinski definition) is 4. The molecule has 0 aromatic heterocycles. The number of likely N-dealkylation sites (tertiary alicyclic amines) is 1. The molecule has 0 spiro atoms. The van der Waals surface area contributed by atoms with E-state index in [0.29, 0.717) is 43.9 Å². The quantitative estimate of drug-likeness (QED) is 0.776. The fourth-order valence-electron chi connectivity index (χ4n) is 3.25. The van der Waals surface area contributed by atoms with Crippen molar-refractivity contribution in [3.05, 3.63) is 59.9 Å². The van der Waals surface area contributed by atoms with Crippen LogP contribution in [0.4, 0.5) is 4.39 Å². The molecule has 1 saturated heterocycles. The predicted molar refractivity (Wildman–Crippen MR) is 107 cm³/mol. The summed E-state index contributed by atoms with van der Waals surface area (Å²) in [7, 11) is 0. The third-order valence-electron chi connectivity index (χ3n) is 4.72. The zero-order valence-corrected chi connectivity index (χ0v) is 16.4. The Kier molecular flexibility index (Phi) is 7.05. The summed E-state index contributed by atoms with van der Waals surface area (Å²) in [5.41, 5.74) is 0.344. The number of carbonyl (C=O) groups excluding carboxylic acids is 2. The molecule has 1 aliphatic heterocycles. The normalized spacial score (nSPS) is 14.3. The molecule has 2 aromatic rings. The van der Waals surface area contributed by atoms with Crippen LogP contribution in [0.2, 0.25) is 0 Å². The van der Waals surface area contributed by atoms with Gasteiger partial charge in [0.25, 0.3) is 11.8 Å². The third kappa shape index (κ3) is 5.94. The lowest BCUT2D eigenvalue weighted by atomic mass is 10.0. The van der Waals surface area contributed by atoms with E-state index in [4.69, 9.17) is 9.47 Å². The highest BCUT2D eigenvalue weighted by atomic mass is 19.1. The van der Waals surface area contributed by atoms with E-state index in [9.17, 15) is 14.0 Å². The van der Waals surface area contributed by atoms with Gasteiger partial charge in [-0.1, -0.05) is 6.07 Å². The Bertz CT molecular complexity index is 833. The van der Waals surface area contributed by atoms with Crippen LogP contribution in [0.15, 0.2) is 48.5 Å². The molecule has 3 rings (SSSR count). The van der Waals surface area contributed by atoms with Gasteiger partial charge in [0, 0.05) is 24.7 Å². The Morgan fingerprint density at radius 2 is 1.72 bits per heavy atom. The fourth-order valence-corrected chi connectivity index (χ4v) is 3.25. The molecule has 0 atom stereocenters. The largest absolute Gasteiger partial charge is 0.494 e. The number of amides is 2. The van der Waals surface area contributed by atoms with E-state index in [2.05, 4.69) is 5.32 Å². The molecule has 0 saturated carbocycles. The predicted octanol–water partition coefficient (Wildman–Crippen LogP) is 3.02. The lowest BCUT2D eigenvalue weighted by Crippen LogP contribution is -2.47. The minimum Gasteiger partial charge on any atom is -0.494 e. The molecule has 2 aromatic carbocycles. The van der Waals surface area contributed by atoms with Crippen molar-refractivity contribution in [2.24, 2.45) is 0 Å². The Hall–Kier alpha value is -3.09. The van der Waals surface area contributed by atoms with Crippen LogP contribution in [-0.4, -0.2) is 49.1 Å². The second kappa shape index (κ2) is 9.91. The molecule has 2 amide bonds. The van der Waals surface area contributed by atoms with Crippen LogP contribution in [0.25, 0.3) is 0 Å². The zero-order valence-electron chi connectivity index (χ0n) is 16.4. The van der Waals surface area contributed by atoms with Crippen molar-refractivity contribution < 1.29 is 23.5 Å². The molecule has 1 fully saturated rings. The number of piperidine rings is 1. The molecule has 0 bridgehead atoms. The van der Waals surface area contributed by atoms with Crippen molar-refractivity contribution in [2.45, 2.75) is 25.8 Å². The van der Waals surface area contributed by atoms with E-state index >= 15 is 0 Å². The van der Waals surface area contributed by atoms with Gasteiger partial charge < -0.3 is 19.7 Å². The van der Waals surface area contributed by atoms with Crippen LogP contribution in [-0.2, 0) is 4.79 Å². The molecule has 1 N–H and O–H groups in total. The first-order valence-electron chi connectivity index (χ1n) is 9.75. The van der Waals surface area contributed by atoms with E-state index < -0.39 is 5.82 Å². The van der Waals surface area contributed by atoms with Crippen molar-refractivity contribution in [1.82, 2.24) is 10.2 Å². The van der Waals surface area contributed by atoms with Crippen LogP contribution < -0.4 is 14.8 Å². The lowest BCUT2D eigenvalue weighted by Gasteiger charge is -2.32. The Morgan fingerprint density at radius 3 is 2.34 bits per heavy atom. The minimum atomic E-state index is -0.425. The number of nitrogens with zero attached hydrogens (tertiary/aromatic N) is 1. The summed E-state index contributed by atoms with van der Waals surface area (Å²) >= 11 is 0. The van der Waals surface area contributed by atoms with Crippen LogP contribution in [0, 0.1) is 5.82 Å². The van der Waals surface area contributed by atoms with E-state index in [1.165, 1.54) is 18.2 Å². The Balaban J connectivity index is 1.40. The summed E-state index contributed by atoms with van der Waals surface area (Å²) in [6.07, 6.45) is 1.30. The highest BCUT2D eigenvalue weighted by molar-refractivity contribution is 5.94. The molecule has 0 aliphatic carbocycles. The highest BCUT2D eigenvalue weighted by Crippen LogP contribution is 2.18. The van der Waals surface area contributed by atoms with Gasteiger partial charge in [-0.2, -0.15) is 0 Å². The molecular weight excluding hydrogens is 375 g/mol. The summed E-state index contributed by atoms with van der Waals surface area (Å²) in [5.74, 6) is 0.537. The molecule has 1 heterocycles. The standard InChI is InChI=1S/C22H25FN2O4/c1-2-28-19-6-8-20(9-7-19)29-15-21(26)24-18-10-12-25(13-11-18)22(27)16-4-3-5-17(23)14-16/h3-9,14,18H,2,10-13,15H2,1H3,(H,24,26). The number of halogens is 1. The van der Waals surface area contributed by atoms with Crippen LogP contribution >= 0.6 is 0 Å². The van der Waals surface area contributed by atoms with Gasteiger partial charge in [-0.15, -0.1) is 0 Å². The van der Waals surface area contributed by atoms with Gasteiger partial charge in [0.15, 0.2) is 6.61 Å². The lowest BCUT2D eigenvalue weighted by molar-refractivity contribution is -0.124. The summed E-state index contributed by atoms with van der Waals surface area (Å²) in [4.78, 5) is 26.3. The minimum absolute atomic E-state index is 0.0111. The summed E-state index contributed by atoms with van der Waals surface area (Å²) in [6.45, 7) is 3.46. The monoisotopic (exact) mass is 400 g/mol. The van der Waals surface area contributed by atoms with Crippen LogP contribution in [0.5, 0.6) is 11.5 Å². The summed E-state index contributed by atoms with van der Waals surface area (Å²) in [5, 5.41) is 2.94. The Morgan fingerprint density at radius 1 is 1.07 bits per heavy atom. The average molecular weight is 400 g/mol. The van der Waals surface area contributed by atoms with Gasteiger partial charge in [0.2, 0.25) is 0 Å². The molecule has 7 heteroatoms. The zero-order chi connectivity index (χ0) is 20.6. The van der Waals surface area contributed by atoms with Crippen molar-refractivity contribution in [1.29, 1.82) is 0 Å². The number of carbonyl (C=O) groups is 2. The van der Waals surface area contributed by atoms with Crippen molar-refractivity contribution in [3.8, 4) is 11.5 Å². The molecule has 1 aliphatic rings. The van der Waals surface area contributed by atoms with Gasteiger partial charge in [-0.05, 0) is 62.2 Å². The number of rotatable bonds is 7. The first-order valence-corrected chi connectivity index (χ1v) is 9.75. The molecular formula is C22H25FN2O4. The maximum atomic E-state index is 13.3. The maximum Gasteiger partial charge on any atom is 0.258 e. The second-order valence-electron chi connectivity index (χ2n) is 6.84. The van der Waals surface area contributed by atoms with E-state index in [0.717, 1.165) is 5.75 Å². The van der Waals surface area contributed by atoms with E-state index in [1.807, 2.05) is 6.92 Å². The van der Waals surface area contributed by atoms with Crippen molar-refractivity contribution in [2.75, 3.05) is 26.3 Å². The van der Waals surface area contributed by atoms with Crippen LogP contribution in [0.1, 0.15) is 30.1 Å². The molecule has 0 radical (unpaired) electrons. The molecule has 154 valence electrons. The number of nitrogens with one attached hydrogen (secondary N) is 1. The number of benzene rings is 2. The second-order valence-corrected chi connectivity index (χ2v) is 6.84. The van der Waals surface area contributed by atoms with E-state index in [-0.39, 0.29) is 24.5 Å². The molecule has 0 unspecified atom stereocenters. The van der Waals surface area contributed by atoms with Crippen LogP contribution in [0.3, 0.4) is 0 Å². The Labute approximate surface area is 169 Å². The van der Waals surface area contributed by atoms with Gasteiger partial charge in [0.1, 0.15) is 17.3 Å². The first-order chi connectivity index (χ1) is 14.0. The number of ether oxygens (including phenoxy) is 2. The fraction of sp³-hybridized carbons (Fsp3) is 0.364. The van der Waals surface area contributed by atoms with Crippen molar-refractivity contribution >= 4 is 11.8 Å². The smallest absolute Gasteiger partial charge is 0.258 e. The highest BCUT2D eigenvalue weighted by Gasteiger charge is 2.24. The topological polar surface area (TPSA) is 67.9 Å². The third-order valence-corrected chi connectivity index (χ3v) is 4.72. The summed E-state index contributed by atoms with van der Waals surface area (Å²) < 4.78 is 24.2. The van der Waals surface area contributed by atoms with Crippen molar-refractivity contribution in [3.63, 3.8) is 0 Å². The van der Waals surface area contributed by atoms with Gasteiger partial charge in [-0.3, -0.25) is 9.59 Å². The maximum absolute atomic E-state index is 13.3.